The van der Waals surface area contributed by atoms with Crippen molar-refractivity contribution >= 4 is 11.9 Å². The number of amides is 1. The zero-order chi connectivity index (χ0) is 19.1. The summed E-state index contributed by atoms with van der Waals surface area (Å²) >= 11 is 0. The van der Waals surface area contributed by atoms with E-state index in [0.29, 0.717) is 5.56 Å². The maximum Gasteiger partial charge on any atom is 0.307 e. The van der Waals surface area contributed by atoms with Crippen molar-refractivity contribution in [2.24, 2.45) is 0 Å². The van der Waals surface area contributed by atoms with Gasteiger partial charge in [0.1, 0.15) is 17.5 Å². The third-order valence-corrected chi connectivity index (χ3v) is 3.84. The zero-order valence-electron chi connectivity index (χ0n) is 14.1. The summed E-state index contributed by atoms with van der Waals surface area (Å²) in [5, 5.41) is 2.64. The Bertz CT molecular complexity index is 778. The summed E-state index contributed by atoms with van der Waals surface area (Å²) < 4.78 is 44.5. The molecule has 138 valence electrons. The van der Waals surface area contributed by atoms with Crippen molar-refractivity contribution in [1.29, 1.82) is 0 Å². The number of hydrogen-bond donors (Lipinski definition) is 1. The van der Waals surface area contributed by atoms with Gasteiger partial charge < -0.3 is 10.1 Å². The predicted octanol–water partition coefficient (Wildman–Crippen LogP) is 3.46. The molecule has 0 heterocycles. The fourth-order valence-corrected chi connectivity index (χ4v) is 2.45. The molecule has 7 heteroatoms. The van der Waals surface area contributed by atoms with E-state index >= 15 is 0 Å². The van der Waals surface area contributed by atoms with Crippen LogP contribution in [0.15, 0.2) is 42.5 Å². The number of halogens is 3. The SMILES string of the molecule is COC(=O)CC(NC(=O)CCc1cc(F)ccc1F)c1ccc(F)cc1. The summed E-state index contributed by atoms with van der Waals surface area (Å²) in [4.78, 5) is 23.7. The molecule has 0 aliphatic carbocycles. The molecule has 0 saturated heterocycles. The minimum Gasteiger partial charge on any atom is -0.469 e. The number of rotatable bonds is 7. The molecule has 1 N–H and O–H groups in total. The summed E-state index contributed by atoms with van der Waals surface area (Å²) in [6.07, 6.45) is -0.231. The molecule has 0 radical (unpaired) electrons. The van der Waals surface area contributed by atoms with Crippen LogP contribution in [0.2, 0.25) is 0 Å². The lowest BCUT2D eigenvalue weighted by Crippen LogP contribution is -2.30. The highest BCUT2D eigenvalue weighted by molar-refractivity contribution is 5.78. The van der Waals surface area contributed by atoms with Gasteiger partial charge in [-0.1, -0.05) is 12.1 Å². The highest BCUT2D eigenvalue weighted by atomic mass is 19.1. The number of ether oxygens (including phenoxy) is 1. The van der Waals surface area contributed by atoms with Crippen LogP contribution in [0, 0.1) is 17.5 Å². The van der Waals surface area contributed by atoms with Crippen LogP contribution >= 0.6 is 0 Å². The number of methoxy groups -OCH3 is 1. The maximum absolute atomic E-state index is 13.6. The minimum atomic E-state index is -0.715. The zero-order valence-corrected chi connectivity index (χ0v) is 14.1. The number of hydrogen-bond acceptors (Lipinski definition) is 3. The molecule has 4 nitrogen and oxygen atoms in total. The summed E-state index contributed by atoms with van der Waals surface area (Å²) in [6.45, 7) is 0. The summed E-state index contributed by atoms with van der Waals surface area (Å²) in [5.41, 5.74) is 0.619. The van der Waals surface area contributed by atoms with E-state index in [9.17, 15) is 22.8 Å². The Hall–Kier alpha value is -2.83. The van der Waals surface area contributed by atoms with Crippen LogP contribution in [-0.2, 0) is 20.7 Å². The van der Waals surface area contributed by atoms with Crippen molar-refractivity contribution in [3.8, 4) is 0 Å². The molecule has 0 aliphatic heterocycles. The number of aryl methyl sites for hydroxylation is 1. The molecule has 0 spiro atoms. The summed E-state index contributed by atoms with van der Waals surface area (Å²) in [5.74, 6) is -2.62. The molecule has 0 aliphatic rings. The van der Waals surface area contributed by atoms with Crippen LogP contribution in [0.3, 0.4) is 0 Å². The number of carbonyl (C=O) groups is 2. The Kier molecular flexibility index (Phi) is 6.77. The Balaban J connectivity index is 2.04. The van der Waals surface area contributed by atoms with Gasteiger partial charge in [0, 0.05) is 6.42 Å². The molecule has 1 atom stereocenters. The van der Waals surface area contributed by atoms with E-state index in [1.54, 1.807) is 0 Å². The maximum atomic E-state index is 13.6. The first kappa shape index (κ1) is 19.5. The average molecular weight is 365 g/mol. The molecule has 0 aromatic heterocycles. The first-order chi connectivity index (χ1) is 12.4. The Labute approximate surface area is 149 Å². The number of carbonyl (C=O) groups excluding carboxylic acids is 2. The highest BCUT2D eigenvalue weighted by Crippen LogP contribution is 2.19. The molecule has 2 aromatic carbocycles. The lowest BCUT2D eigenvalue weighted by Gasteiger charge is -2.18. The molecule has 1 amide bonds. The van der Waals surface area contributed by atoms with Crippen molar-refractivity contribution in [2.75, 3.05) is 7.11 Å². The van der Waals surface area contributed by atoms with E-state index < -0.39 is 35.4 Å². The summed E-state index contributed by atoms with van der Waals surface area (Å²) in [7, 11) is 1.22. The second-order valence-electron chi connectivity index (χ2n) is 5.69. The van der Waals surface area contributed by atoms with Gasteiger partial charge in [0.25, 0.3) is 0 Å². The van der Waals surface area contributed by atoms with Gasteiger partial charge in [0.2, 0.25) is 5.91 Å². The topological polar surface area (TPSA) is 55.4 Å². The molecule has 0 saturated carbocycles. The van der Waals surface area contributed by atoms with E-state index in [1.165, 1.54) is 31.4 Å². The van der Waals surface area contributed by atoms with E-state index in [4.69, 9.17) is 0 Å². The Morgan fingerprint density at radius 1 is 1.04 bits per heavy atom. The highest BCUT2D eigenvalue weighted by Gasteiger charge is 2.19. The molecule has 0 bridgehead atoms. The van der Waals surface area contributed by atoms with Gasteiger partial charge in [-0.25, -0.2) is 13.2 Å². The second-order valence-corrected chi connectivity index (χ2v) is 5.69. The number of benzene rings is 2. The largest absolute Gasteiger partial charge is 0.469 e. The van der Waals surface area contributed by atoms with E-state index in [2.05, 4.69) is 10.1 Å². The number of esters is 1. The van der Waals surface area contributed by atoms with Gasteiger partial charge in [-0.3, -0.25) is 9.59 Å². The lowest BCUT2D eigenvalue weighted by atomic mass is 10.0. The van der Waals surface area contributed by atoms with Crippen LogP contribution in [0.1, 0.15) is 30.0 Å². The monoisotopic (exact) mass is 365 g/mol. The fraction of sp³-hybridized carbons (Fsp3) is 0.263. The van der Waals surface area contributed by atoms with E-state index in [0.717, 1.165) is 18.2 Å². The van der Waals surface area contributed by atoms with Crippen molar-refractivity contribution in [1.82, 2.24) is 5.32 Å². The van der Waals surface area contributed by atoms with Gasteiger partial charge in [-0.2, -0.15) is 0 Å². The quantitative estimate of drug-likeness (QED) is 0.765. The van der Waals surface area contributed by atoms with Gasteiger partial charge in [-0.05, 0) is 47.9 Å². The standard InChI is InChI=1S/C19H18F3NO3/c1-26-19(25)11-17(12-2-5-14(20)6-3-12)23-18(24)9-4-13-10-15(21)7-8-16(13)22/h2-3,5-8,10,17H,4,9,11H2,1H3,(H,23,24). The minimum absolute atomic E-state index is 0.00376. The Morgan fingerprint density at radius 3 is 2.35 bits per heavy atom. The molecule has 1 unspecified atom stereocenters. The van der Waals surface area contributed by atoms with Crippen LogP contribution in [0.4, 0.5) is 13.2 Å². The van der Waals surface area contributed by atoms with Crippen LogP contribution in [0.25, 0.3) is 0 Å². The summed E-state index contributed by atoms with van der Waals surface area (Å²) in [6, 6.07) is 7.66. The van der Waals surface area contributed by atoms with Gasteiger partial charge in [0.05, 0.1) is 19.6 Å². The molecular weight excluding hydrogens is 347 g/mol. The molecule has 26 heavy (non-hydrogen) atoms. The third-order valence-electron chi connectivity index (χ3n) is 3.84. The van der Waals surface area contributed by atoms with Crippen molar-refractivity contribution in [2.45, 2.75) is 25.3 Å². The normalized spacial score (nSPS) is 11.7. The van der Waals surface area contributed by atoms with Gasteiger partial charge >= 0.3 is 5.97 Å². The second kappa shape index (κ2) is 9.03. The van der Waals surface area contributed by atoms with E-state index in [1.807, 2.05) is 0 Å². The third kappa shape index (κ3) is 5.61. The van der Waals surface area contributed by atoms with Gasteiger partial charge in [0.15, 0.2) is 0 Å². The fourth-order valence-electron chi connectivity index (χ4n) is 2.45. The molecule has 2 rings (SSSR count). The van der Waals surface area contributed by atoms with Crippen LogP contribution < -0.4 is 5.32 Å². The van der Waals surface area contributed by atoms with Gasteiger partial charge in [-0.15, -0.1) is 0 Å². The lowest BCUT2D eigenvalue weighted by molar-refractivity contribution is -0.141. The van der Waals surface area contributed by atoms with Crippen LogP contribution in [-0.4, -0.2) is 19.0 Å². The van der Waals surface area contributed by atoms with Crippen molar-refractivity contribution in [3.05, 3.63) is 71.0 Å². The molecule has 0 fully saturated rings. The van der Waals surface area contributed by atoms with E-state index in [-0.39, 0.29) is 24.8 Å². The molecule has 2 aromatic rings. The van der Waals surface area contributed by atoms with Crippen molar-refractivity contribution in [3.63, 3.8) is 0 Å². The Morgan fingerprint density at radius 2 is 1.69 bits per heavy atom. The smallest absolute Gasteiger partial charge is 0.307 e. The first-order valence-corrected chi connectivity index (χ1v) is 7.94. The van der Waals surface area contributed by atoms with Crippen LogP contribution in [0.5, 0.6) is 0 Å². The first-order valence-electron chi connectivity index (χ1n) is 7.94. The molecular formula is C19H18F3NO3. The number of nitrogens with one attached hydrogen (secondary N) is 1. The average Bonchev–Trinajstić information content (AvgIpc) is 2.62. The predicted molar refractivity (Wildman–Crippen MR) is 88.6 cm³/mol. The van der Waals surface area contributed by atoms with Crippen molar-refractivity contribution < 1.29 is 27.5 Å².